The molecule has 2 N–H and O–H groups in total. The Bertz CT molecular complexity index is 535. The van der Waals surface area contributed by atoms with Crippen LogP contribution in [0.5, 0.6) is 0 Å². The molecule has 0 aliphatic heterocycles. The van der Waals surface area contributed by atoms with E-state index in [1.807, 2.05) is 18.2 Å². The van der Waals surface area contributed by atoms with Crippen LogP contribution >= 0.6 is 12.4 Å². The minimum atomic E-state index is -0.353. The van der Waals surface area contributed by atoms with Crippen LogP contribution in [0.1, 0.15) is 43.0 Å². The molecule has 0 radical (unpaired) electrons. The van der Waals surface area contributed by atoms with Gasteiger partial charge < -0.3 is 10.3 Å². The van der Waals surface area contributed by atoms with Crippen LogP contribution in [0.25, 0.3) is 0 Å². The Morgan fingerprint density at radius 2 is 1.80 bits per heavy atom. The summed E-state index contributed by atoms with van der Waals surface area (Å²) in [6.45, 7) is 0. The summed E-state index contributed by atoms with van der Waals surface area (Å²) in [5.74, 6) is 1.38. The first kappa shape index (κ1) is 15.0. The number of hydrogen-bond acceptors (Lipinski definition) is 4. The number of hydrogen-bond donors (Lipinski definition) is 1. The van der Waals surface area contributed by atoms with Gasteiger partial charge in [0, 0.05) is 6.42 Å². The normalized spacial score (nSPS) is 16.9. The van der Waals surface area contributed by atoms with Gasteiger partial charge >= 0.3 is 0 Å². The number of nitrogens with zero attached hydrogens (tertiary/aromatic N) is 2. The average Bonchev–Trinajstić information content (AvgIpc) is 3.07. The van der Waals surface area contributed by atoms with Crippen LogP contribution in [-0.4, -0.2) is 10.1 Å². The van der Waals surface area contributed by atoms with E-state index in [0.29, 0.717) is 11.7 Å². The molecule has 5 heteroatoms. The van der Waals surface area contributed by atoms with E-state index in [1.165, 1.54) is 5.56 Å². The highest BCUT2D eigenvalue weighted by atomic mass is 35.5. The summed E-state index contributed by atoms with van der Waals surface area (Å²) in [5.41, 5.74) is 7.25. The van der Waals surface area contributed by atoms with Gasteiger partial charge in [0.2, 0.25) is 5.89 Å². The molecule has 1 aromatic heterocycles. The Hall–Kier alpha value is -1.39. The van der Waals surface area contributed by atoms with E-state index in [4.69, 9.17) is 10.3 Å². The Balaban J connectivity index is 0.00000147. The summed E-state index contributed by atoms with van der Waals surface area (Å²) in [5, 5.41) is 4.07. The van der Waals surface area contributed by atoms with Crippen molar-refractivity contribution >= 4 is 12.4 Å². The third-order valence-corrected chi connectivity index (χ3v) is 3.88. The highest BCUT2D eigenvalue weighted by molar-refractivity contribution is 5.85. The van der Waals surface area contributed by atoms with Gasteiger partial charge in [-0.1, -0.05) is 48.3 Å². The monoisotopic (exact) mass is 293 g/mol. The molecule has 0 bridgehead atoms. The number of benzene rings is 1. The van der Waals surface area contributed by atoms with Crippen LogP contribution in [0.3, 0.4) is 0 Å². The van der Waals surface area contributed by atoms with Crippen LogP contribution in [0.15, 0.2) is 34.9 Å². The van der Waals surface area contributed by atoms with Crippen molar-refractivity contribution in [2.75, 3.05) is 0 Å². The van der Waals surface area contributed by atoms with Crippen LogP contribution < -0.4 is 5.73 Å². The Labute approximate surface area is 125 Å². The Kier molecular flexibility index (Phi) is 4.78. The third-order valence-electron chi connectivity index (χ3n) is 3.88. The van der Waals surface area contributed by atoms with Gasteiger partial charge in [-0.05, 0) is 24.8 Å². The van der Waals surface area contributed by atoms with E-state index < -0.39 is 0 Å². The standard InChI is InChI=1S/C15H19N3O.ClH/c16-15(10-4-5-11-15)14-17-13(19-18-14)9-8-12-6-2-1-3-7-12;/h1-3,6-7H,4-5,8-11,16H2;1H. The summed E-state index contributed by atoms with van der Waals surface area (Å²) in [6, 6.07) is 10.3. The van der Waals surface area contributed by atoms with Gasteiger partial charge in [-0.3, -0.25) is 0 Å². The lowest BCUT2D eigenvalue weighted by Crippen LogP contribution is -2.34. The first-order valence-corrected chi connectivity index (χ1v) is 6.92. The highest BCUT2D eigenvalue weighted by Gasteiger charge is 2.35. The van der Waals surface area contributed by atoms with Gasteiger partial charge in [-0.2, -0.15) is 4.98 Å². The molecule has 1 aromatic carbocycles. The van der Waals surface area contributed by atoms with Crippen LogP contribution in [0.2, 0.25) is 0 Å². The van der Waals surface area contributed by atoms with Gasteiger partial charge in [0.05, 0.1) is 5.54 Å². The first-order valence-electron chi connectivity index (χ1n) is 6.92. The minimum absolute atomic E-state index is 0. The number of rotatable bonds is 4. The number of halogens is 1. The molecule has 0 saturated heterocycles. The van der Waals surface area contributed by atoms with Crippen molar-refractivity contribution in [2.24, 2.45) is 5.73 Å². The van der Waals surface area contributed by atoms with Gasteiger partial charge in [0.15, 0.2) is 5.82 Å². The molecule has 0 amide bonds. The van der Waals surface area contributed by atoms with Gasteiger partial charge in [0.1, 0.15) is 0 Å². The summed E-state index contributed by atoms with van der Waals surface area (Å²) in [6.07, 6.45) is 5.93. The maximum Gasteiger partial charge on any atom is 0.227 e. The molecule has 20 heavy (non-hydrogen) atoms. The van der Waals surface area contributed by atoms with Crippen molar-refractivity contribution in [3.05, 3.63) is 47.6 Å². The Morgan fingerprint density at radius 3 is 2.50 bits per heavy atom. The lowest BCUT2D eigenvalue weighted by molar-refractivity contribution is 0.348. The molecule has 1 saturated carbocycles. The van der Waals surface area contributed by atoms with E-state index in [9.17, 15) is 0 Å². The molecule has 0 atom stereocenters. The van der Waals surface area contributed by atoms with Gasteiger partial charge in [-0.25, -0.2) is 0 Å². The topological polar surface area (TPSA) is 64.9 Å². The molecule has 1 aliphatic carbocycles. The van der Waals surface area contributed by atoms with Crippen LogP contribution in [0.4, 0.5) is 0 Å². The quantitative estimate of drug-likeness (QED) is 0.941. The second-order valence-electron chi connectivity index (χ2n) is 5.36. The molecule has 1 fully saturated rings. The molecular formula is C15H20ClN3O. The minimum Gasteiger partial charge on any atom is -0.339 e. The first-order chi connectivity index (χ1) is 9.26. The average molecular weight is 294 g/mol. The van der Waals surface area contributed by atoms with E-state index in [2.05, 4.69) is 22.3 Å². The molecule has 0 spiro atoms. The predicted octanol–water partition coefficient (Wildman–Crippen LogP) is 3.00. The zero-order valence-electron chi connectivity index (χ0n) is 11.4. The van der Waals surface area contributed by atoms with Crippen molar-refractivity contribution in [1.82, 2.24) is 10.1 Å². The van der Waals surface area contributed by atoms with Crippen molar-refractivity contribution in [3.63, 3.8) is 0 Å². The molecule has 2 aromatic rings. The second kappa shape index (κ2) is 6.37. The van der Waals surface area contributed by atoms with E-state index in [1.54, 1.807) is 0 Å². The Morgan fingerprint density at radius 1 is 1.10 bits per heavy atom. The molecule has 0 unspecified atom stereocenters. The van der Waals surface area contributed by atoms with Gasteiger partial charge in [0.25, 0.3) is 0 Å². The lowest BCUT2D eigenvalue weighted by Gasteiger charge is -2.17. The number of aryl methyl sites for hydroxylation is 2. The summed E-state index contributed by atoms with van der Waals surface area (Å²) in [7, 11) is 0. The van der Waals surface area contributed by atoms with Crippen LogP contribution in [0, 0.1) is 0 Å². The van der Waals surface area contributed by atoms with Crippen molar-refractivity contribution in [1.29, 1.82) is 0 Å². The van der Waals surface area contributed by atoms with Crippen molar-refractivity contribution in [2.45, 2.75) is 44.1 Å². The molecule has 3 rings (SSSR count). The highest BCUT2D eigenvalue weighted by Crippen LogP contribution is 2.34. The fourth-order valence-corrected chi connectivity index (χ4v) is 2.68. The third kappa shape index (κ3) is 3.19. The zero-order valence-corrected chi connectivity index (χ0v) is 12.2. The number of nitrogens with two attached hydrogens (primary N) is 1. The molecule has 4 nitrogen and oxygen atoms in total. The van der Waals surface area contributed by atoms with E-state index >= 15 is 0 Å². The van der Waals surface area contributed by atoms with Crippen molar-refractivity contribution in [3.8, 4) is 0 Å². The fourth-order valence-electron chi connectivity index (χ4n) is 2.68. The summed E-state index contributed by atoms with van der Waals surface area (Å²) >= 11 is 0. The molecule has 1 heterocycles. The molecule has 1 aliphatic rings. The van der Waals surface area contributed by atoms with Crippen molar-refractivity contribution < 1.29 is 4.52 Å². The van der Waals surface area contributed by atoms with Gasteiger partial charge in [-0.15, -0.1) is 12.4 Å². The maximum atomic E-state index is 6.32. The fraction of sp³-hybridized carbons (Fsp3) is 0.467. The number of aromatic nitrogens is 2. The predicted molar refractivity (Wildman–Crippen MR) is 79.7 cm³/mol. The smallest absolute Gasteiger partial charge is 0.227 e. The zero-order chi connectivity index (χ0) is 13.1. The second-order valence-corrected chi connectivity index (χ2v) is 5.36. The van der Waals surface area contributed by atoms with E-state index in [0.717, 1.165) is 38.5 Å². The largest absolute Gasteiger partial charge is 0.339 e. The maximum absolute atomic E-state index is 6.32. The molecule has 108 valence electrons. The SMILES string of the molecule is Cl.NC1(c2noc(CCc3ccccc3)n2)CCCC1. The summed E-state index contributed by atoms with van der Waals surface area (Å²) in [4.78, 5) is 4.48. The molecular weight excluding hydrogens is 274 g/mol. The van der Waals surface area contributed by atoms with E-state index in [-0.39, 0.29) is 17.9 Å². The lowest BCUT2D eigenvalue weighted by atomic mass is 9.99. The van der Waals surface area contributed by atoms with Crippen LogP contribution in [-0.2, 0) is 18.4 Å². The summed E-state index contributed by atoms with van der Waals surface area (Å²) < 4.78 is 5.32.